The first-order chi connectivity index (χ1) is 13.9. The molecule has 8 heteroatoms. The summed E-state index contributed by atoms with van der Waals surface area (Å²) in [6.45, 7) is 5.38. The molecule has 0 spiro atoms. The Labute approximate surface area is 169 Å². The van der Waals surface area contributed by atoms with Gasteiger partial charge in [-0.05, 0) is 36.4 Å². The number of hydrogen-bond acceptors (Lipinski definition) is 5. The van der Waals surface area contributed by atoms with Crippen LogP contribution in [0, 0.1) is 16.0 Å². The number of nitrogens with zero attached hydrogens (tertiary/aromatic N) is 3. The van der Waals surface area contributed by atoms with Gasteiger partial charge in [0.05, 0.1) is 11.1 Å². The fourth-order valence-corrected chi connectivity index (χ4v) is 3.71. The zero-order valence-electron chi connectivity index (χ0n) is 16.5. The average molecular weight is 398 g/mol. The van der Waals surface area contributed by atoms with Gasteiger partial charge >= 0.3 is 0 Å². The van der Waals surface area contributed by atoms with Gasteiger partial charge in [0, 0.05) is 31.8 Å². The first kappa shape index (κ1) is 20.7. The fraction of sp³-hybridized carbons (Fsp3) is 0.429. The van der Waals surface area contributed by atoms with E-state index in [-0.39, 0.29) is 18.1 Å². The second-order valence-electron chi connectivity index (χ2n) is 7.64. The van der Waals surface area contributed by atoms with Crippen LogP contribution in [0.3, 0.4) is 0 Å². The molecule has 1 N–H and O–H groups in total. The summed E-state index contributed by atoms with van der Waals surface area (Å²) in [4.78, 5) is 36.9. The zero-order valence-corrected chi connectivity index (χ0v) is 16.5. The number of hydrogen-bond donors (Lipinski definition) is 1. The molecule has 2 heterocycles. The van der Waals surface area contributed by atoms with Gasteiger partial charge in [0.2, 0.25) is 5.91 Å². The van der Waals surface area contributed by atoms with Crippen molar-refractivity contribution in [3.63, 3.8) is 0 Å². The lowest BCUT2D eigenvalue weighted by atomic mass is 9.99. The third kappa shape index (κ3) is 5.74. The summed E-state index contributed by atoms with van der Waals surface area (Å²) in [6, 6.07) is 10.2. The van der Waals surface area contributed by atoms with Crippen LogP contribution in [0.25, 0.3) is 0 Å². The molecule has 1 aliphatic heterocycles. The maximum absolute atomic E-state index is 12.3. The van der Waals surface area contributed by atoms with Crippen molar-refractivity contribution in [1.29, 1.82) is 0 Å². The minimum Gasteiger partial charge on any atom is -0.350 e. The lowest BCUT2D eigenvalue weighted by molar-refractivity contribution is -0.385. The summed E-state index contributed by atoms with van der Waals surface area (Å²) in [5.74, 6) is 0.331. The van der Waals surface area contributed by atoms with Crippen molar-refractivity contribution in [3.05, 3.63) is 74.2 Å². The molecular formula is C21H26N4O4. The van der Waals surface area contributed by atoms with Crippen molar-refractivity contribution in [2.45, 2.75) is 39.4 Å². The van der Waals surface area contributed by atoms with E-state index >= 15 is 0 Å². The standard InChI is InChI=1S/C21H26N4O4/c1-16-5-4-10-23(12-16)13-18-7-3-2-6-17(18)11-22-20(26)15-24-14-19(25(28)29)8-9-21(24)27/h2-3,6-9,14,16H,4-5,10-13,15H2,1H3,(H,22,26). The second kappa shape index (κ2) is 9.47. The number of nitro groups is 1. The topological polar surface area (TPSA) is 97.5 Å². The Bertz CT molecular complexity index is 940. The van der Waals surface area contributed by atoms with Gasteiger partial charge in [-0.3, -0.25) is 29.2 Å². The average Bonchev–Trinajstić information content (AvgIpc) is 2.69. The predicted octanol–water partition coefficient (Wildman–Crippen LogP) is 2.30. The van der Waals surface area contributed by atoms with Gasteiger partial charge in [0.25, 0.3) is 11.2 Å². The van der Waals surface area contributed by atoms with Crippen LogP contribution in [0.15, 0.2) is 47.4 Å². The van der Waals surface area contributed by atoms with Crippen LogP contribution in [0.5, 0.6) is 0 Å². The maximum Gasteiger partial charge on any atom is 0.285 e. The fourth-order valence-electron chi connectivity index (χ4n) is 3.71. The molecule has 1 unspecified atom stereocenters. The first-order valence-corrected chi connectivity index (χ1v) is 9.83. The third-order valence-corrected chi connectivity index (χ3v) is 5.22. The van der Waals surface area contributed by atoms with Crippen LogP contribution in [-0.4, -0.2) is 33.4 Å². The Hall–Kier alpha value is -3.00. The van der Waals surface area contributed by atoms with Crippen molar-refractivity contribution in [3.8, 4) is 0 Å². The molecule has 1 atom stereocenters. The molecule has 1 saturated heterocycles. The number of amides is 1. The van der Waals surface area contributed by atoms with Gasteiger partial charge in [0.15, 0.2) is 0 Å². The summed E-state index contributed by atoms with van der Waals surface area (Å²) in [6.07, 6.45) is 3.57. The van der Waals surface area contributed by atoms with E-state index in [2.05, 4.69) is 23.2 Å². The van der Waals surface area contributed by atoms with E-state index in [1.807, 2.05) is 18.2 Å². The van der Waals surface area contributed by atoms with Crippen LogP contribution in [-0.2, 0) is 24.4 Å². The minimum absolute atomic E-state index is 0.224. The van der Waals surface area contributed by atoms with E-state index < -0.39 is 10.5 Å². The maximum atomic E-state index is 12.3. The highest BCUT2D eigenvalue weighted by Crippen LogP contribution is 2.19. The van der Waals surface area contributed by atoms with Crippen LogP contribution in [0.4, 0.5) is 5.69 Å². The Kier molecular flexibility index (Phi) is 6.77. The minimum atomic E-state index is -0.592. The molecular weight excluding hydrogens is 372 g/mol. The number of aromatic nitrogens is 1. The second-order valence-corrected chi connectivity index (χ2v) is 7.64. The molecule has 0 aliphatic carbocycles. The quantitative estimate of drug-likeness (QED) is 0.570. The predicted molar refractivity (Wildman–Crippen MR) is 109 cm³/mol. The summed E-state index contributed by atoms with van der Waals surface area (Å²) >= 11 is 0. The van der Waals surface area contributed by atoms with E-state index in [4.69, 9.17) is 0 Å². The zero-order chi connectivity index (χ0) is 20.8. The van der Waals surface area contributed by atoms with Crippen molar-refractivity contribution in [2.75, 3.05) is 13.1 Å². The van der Waals surface area contributed by atoms with Crippen molar-refractivity contribution in [1.82, 2.24) is 14.8 Å². The number of benzene rings is 1. The Morgan fingerprint density at radius 3 is 2.72 bits per heavy atom. The molecule has 1 aliphatic rings. The Balaban J connectivity index is 1.61. The highest BCUT2D eigenvalue weighted by Gasteiger charge is 2.17. The van der Waals surface area contributed by atoms with Gasteiger partial charge < -0.3 is 5.32 Å². The lowest BCUT2D eigenvalue weighted by Gasteiger charge is -2.31. The summed E-state index contributed by atoms with van der Waals surface area (Å²) in [7, 11) is 0. The van der Waals surface area contributed by atoms with E-state index in [9.17, 15) is 19.7 Å². The Morgan fingerprint density at radius 2 is 2.00 bits per heavy atom. The lowest BCUT2D eigenvalue weighted by Crippen LogP contribution is -2.34. The van der Waals surface area contributed by atoms with E-state index in [1.165, 1.54) is 18.4 Å². The monoisotopic (exact) mass is 398 g/mol. The van der Waals surface area contributed by atoms with Crippen LogP contribution in [0.1, 0.15) is 30.9 Å². The van der Waals surface area contributed by atoms with Gasteiger partial charge in [-0.15, -0.1) is 0 Å². The number of piperidine rings is 1. The van der Waals surface area contributed by atoms with Crippen molar-refractivity contribution >= 4 is 11.6 Å². The first-order valence-electron chi connectivity index (χ1n) is 9.83. The van der Waals surface area contributed by atoms with Gasteiger partial charge in [-0.2, -0.15) is 0 Å². The van der Waals surface area contributed by atoms with Crippen molar-refractivity contribution < 1.29 is 9.72 Å². The number of carbonyl (C=O) groups is 1. The van der Waals surface area contributed by atoms with Crippen LogP contribution < -0.4 is 10.9 Å². The molecule has 1 fully saturated rings. The molecule has 0 radical (unpaired) electrons. The molecule has 1 aromatic carbocycles. The third-order valence-electron chi connectivity index (χ3n) is 5.22. The van der Waals surface area contributed by atoms with E-state index in [0.717, 1.165) is 48.1 Å². The smallest absolute Gasteiger partial charge is 0.285 e. The molecule has 3 rings (SSSR count). The van der Waals surface area contributed by atoms with Gasteiger partial charge in [0.1, 0.15) is 6.54 Å². The largest absolute Gasteiger partial charge is 0.350 e. The SMILES string of the molecule is CC1CCCN(Cc2ccccc2CNC(=O)Cn2cc([N+](=O)[O-])ccc2=O)C1. The summed E-state index contributed by atoms with van der Waals surface area (Å²) in [5, 5.41) is 13.7. The molecule has 29 heavy (non-hydrogen) atoms. The van der Waals surface area contributed by atoms with Crippen LogP contribution in [0.2, 0.25) is 0 Å². The molecule has 1 aromatic heterocycles. The number of likely N-dealkylation sites (tertiary alicyclic amines) is 1. The van der Waals surface area contributed by atoms with Gasteiger partial charge in [-0.25, -0.2) is 0 Å². The number of carbonyl (C=O) groups excluding carboxylic acids is 1. The highest BCUT2D eigenvalue weighted by atomic mass is 16.6. The van der Waals surface area contributed by atoms with Crippen molar-refractivity contribution in [2.24, 2.45) is 5.92 Å². The van der Waals surface area contributed by atoms with Gasteiger partial charge in [-0.1, -0.05) is 31.2 Å². The van der Waals surface area contributed by atoms with Crippen LogP contribution >= 0.6 is 0 Å². The summed E-state index contributed by atoms with van der Waals surface area (Å²) < 4.78 is 1.05. The number of pyridine rings is 1. The molecule has 154 valence electrons. The summed E-state index contributed by atoms with van der Waals surface area (Å²) in [5.41, 5.74) is 1.53. The molecule has 1 amide bonds. The molecule has 8 nitrogen and oxygen atoms in total. The number of rotatable bonds is 7. The number of nitrogens with one attached hydrogen (secondary N) is 1. The van der Waals surface area contributed by atoms with E-state index in [1.54, 1.807) is 0 Å². The highest BCUT2D eigenvalue weighted by molar-refractivity contribution is 5.75. The Morgan fingerprint density at radius 1 is 1.24 bits per heavy atom. The molecule has 2 aromatic rings. The molecule has 0 bridgehead atoms. The van der Waals surface area contributed by atoms with E-state index in [0.29, 0.717) is 12.5 Å². The molecule has 0 saturated carbocycles. The normalized spacial score (nSPS) is 17.1.